The molecule has 3 rings (SSSR count). The van der Waals surface area contributed by atoms with Crippen LogP contribution in [-0.4, -0.2) is 67.0 Å². The van der Waals surface area contributed by atoms with Crippen LogP contribution in [0.2, 0.25) is 0 Å². The Morgan fingerprint density at radius 3 is 3.00 bits per heavy atom. The maximum atomic E-state index is 12.8. The molecule has 23 heavy (non-hydrogen) atoms. The first kappa shape index (κ1) is 16.3. The van der Waals surface area contributed by atoms with E-state index in [1.807, 2.05) is 0 Å². The Balaban J connectivity index is 1.87. The number of ether oxygens (including phenoxy) is 1. The number of pyridine rings is 1. The predicted molar refractivity (Wildman–Crippen MR) is 87.4 cm³/mol. The third-order valence-corrected chi connectivity index (χ3v) is 6.51. The first-order valence-corrected chi connectivity index (χ1v) is 9.86. The number of thiazole rings is 1. The Bertz CT molecular complexity index is 785. The van der Waals surface area contributed by atoms with Gasteiger partial charge < -0.3 is 9.64 Å². The van der Waals surface area contributed by atoms with Crippen molar-refractivity contribution >= 4 is 37.4 Å². The summed E-state index contributed by atoms with van der Waals surface area (Å²) in [5.74, 6) is -0.131. The maximum absolute atomic E-state index is 12.8. The van der Waals surface area contributed by atoms with Crippen molar-refractivity contribution in [2.45, 2.75) is 12.5 Å². The van der Waals surface area contributed by atoms with Crippen LogP contribution < -0.4 is 0 Å². The number of aromatic nitrogens is 2. The van der Waals surface area contributed by atoms with Crippen molar-refractivity contribution < 1.29 is 17.9 Å². The highest BCUT2D eigenvalue weighted by molar-refractivity contribution is 7.91. The molecule has 7 nitrogen and oxygen atoms in total. The van der Waals surface area contributed by atoms with Crippen LogP contribution in [0.5, 0.6) is 0 Å². The Kier molecular flexibility index (Phi) is 4.60. The van der Waals surface area contributed by atoms with E-state index >= 15 is 0 Å². The van der Waals surface area contributed by atoms with E-state index in [2.05, 4.69) is 9.97 Å². The van der Waals surface area contributed by atoms with Crippen LogP contribution in [0.3, 0.4) is 0 Å². The Hall–Kier alpha value is -1.58. The standard InChI is InChI=1S/C14H17N3O4S2/c1-21-7-6-17(10-4-8-23(19,20)9-10)14(18)13-16-11-3-2-5-15-12(11)22-13/h2-3,5,10H,4,6-9H2,1H3. The monoisotopic (exact) mass is 355 g/mol. The Labute approximate surface area is 138 Å². The van der Waals surface area contributed by atoms with Crippen LogP contribution in [0.4, 0.5) is 0 Å². The third kappa shape index (κ3) is 3.51. The van der Waals surface area contributed by atoms with E-state index in [-0.39, 0.29) is 23.5 Å². The Morgan fingerprint density at radius 2 is 2.35 bits per heavy atom. The van der Waals surface area contributed by atoms with Gasteiger partial charge in [-0.3, -0.25) is 4.79 Å². The lowest BCUT2D eigenvalue weighted by Gasteiger charge is -2.27. The number of sulfone groups is 1. The number of carbonyl (C=O) groups excluding carboxylic acids is 1. The van der Waals surface area contributed by atoms with E-state index in [1.54, 1.807) is 30.3 Å². The highest BCUT2D eigenvalue weighted by Crippen LogP contribution is 2.24. The lowest BCUT2D eigenvalue weighted by Crippen LogP contribution is -2.43. The van der Waals surface area contributed by atoms with E-state index in [4.69, 9.17) is 4.74 Å². The second-order valence-electron chi connectivity index (χ2n) is 5.39. The van der Waals surface area contributed by atoms with Gasteiger partial charge in [0.15, 0.2) is 14.8 Å². The molecule has 0 saturated carbocycles. The normalized spacial score (nSPS) is 20.0. The van der Waals surface area contributed by atoms with Gasteiger partial charge in [0.05, 0.1) is 18.1 Å². The highest BCUT2D eigenvalue weighted by Gasteiger charge is 2.35. The van der Waals surface area contributed by atoms with Crippen molar-refractivity contribution in [1.29, 1.82) is 0 Å². The van der Waals surface area contributed by atoms with E-state index in [1.165, 1.54) is 11.3 Å². The molecule has 2 aromatic heterocycles. The second-order valence-corrected chi connectivity index (χ2v) is 8.60. The predicted octanol–water partition coefficient (Wildman–Crippen LogP) is 0.967. The maximum Gasteiger partial charge on any atom is 0.283 e. The minimum Gasteiger partial charge on any atom is -0.383 e. The van der Waals surface area contributed by atoms with Crippen molar-refractivity contribution in [3.8, 4) is 0 Å². The fourth-order valence-electron chi connectivity index (χ4n) is 2.64. The summed E-state index contributed by atoms with van der Waals surface area (Å²) in [4.78, 5) is 23.6. The molecule has 1 aliphatic rings. The van der Waals surface area contributed by atoms with E-state index in [0.717, 1.165) is 0 Å². The molecule has 0 N–H and O–H groups in total. The van der Waals surface area contributed by atoms with Crippen LogP contribution in [-0.2, 0) is 14.6 Å². The van der Waals surface area contributed by atoms with Crippen molar-refractivity contribution in [2.75, 3.05) is 31.8 Å². The molecule has 0 spiro atoms. The van der Waals surface area contributed by atoms with Gasteiger partial charge in [0.2, 0.25) is 0 Å². The quantitative estimate of drug-likeness (QED) is 0.794. The van der Waals surface area contributed by atoms with Crippen LogP contribution in [0, 0.1) is 0 Å². The topological polar surface area (TPSA) is 89.5 Å². The summed E-state index contributed by atoms with van der Waals surface area (Å²) in [5.41, 5.74) is 0.673. The molecule has 0 bridgehead atoms. The van der Waals surface area contributed by atoms with Crippen molar-refractivity contribution in [2.24, 2.45) is 0 Å². The summed E-state index contributed by atoms with van der Waals surface area (Å²) in [6, 6.07) is 3.25. The average molecular weight is 355 g/mol. The average Bonchev–Trinajstić information content (AvgIpc) is 3.10. The molecule has 3 heterocycles. The summed E-state index contributed by atoms with van der Waals surface area (Å²) >= 11 is 1.22. The Morgan fingerprint density at radius 1 is 1.52 bits per heavy atom. The number of methoxy groups -OCH3 is 1. The van der Waals surface area contributed by atoms with Crippen LogP contribution in [0.15, 0.2) is 18.3 Å². The zero-order chi connectivity index (χ0) is 16.4. The minimum atomic E-state index is -3.07. The van der Waals surface area contributed by atoms with Gasteiger partial charge in [-0.2, -0.15) is 0 Å². The number of hydrogen-bond acceptors (Lipinski definition) is 7. The second kappa shape index (κ2) is 6.50. The van der Waals surface area contributed by atoms with Crippen molar-refractivity contribution in [3.05, 3.63) is 23.3 Å². The number of hydrogen-bond donors (Lipinski definition) is 0. The van der Waals surface area contributed by atoms with Gasteiger partial charge >= 0.3 is 0 Å². The molecule has 1 atom stereocenters. The van der Waals surface area contributed by atoms with Crippen LogP contribution in [0.1, 0.15) is 16.2 Å². The van der Waals surface area contributed by atoms with Gasteiger partial charge in [-0.05, 0) is 18.6 Å². The smallest absolute Gasteiger partial charge is 0.283 e. The molecule has 1 saturated heterocycles. The third-order valence-electron chi connectivity index (χ3n) is 3.80. The molecule has 1 aliphatic heterocycles. The lowest BCUT2D eigenvalue weighted by atomic mass is 10.2. The van der Waals surface area contributed by atoms with Gasteiger partial charge in [-0.1, -0.05) is 11.3 Å². The zero-order valence-corrected chi connectivity index (χ0v) is 14.3. The van der Waals surface area contributed by atoms with Gasteiger partial charge in [-0.15, -0.1) is 0 Å². The molecule has 1 fully saturated rings. The number of nitrogens with zero attached hydrogens (tertiary/aromatic N) is 3. The SMILES string of the molecule is COCCN(C(=O)c1nc2cccnc2s1)C1CCS(=O)(=O)C1. The van der Waals surface area contributed by atoms with E-state index in [9.17, 15) is 13.2 Å². The fourth-order valence-corrected chi connectivity index (χ4v) is 5.24. The van der Waals surface area contributed by atoms with Crippen molar-refractivity contribution in [1.82, 2.24) is 14.9 Å². The van der Waals surface area contributed by atoms with Gasteiger partial charge in [0.25, 0.3) is 5.91 Å². The highest BCUT2D eigenvalue weighted by atomic mass is 32.2. The molecule has 1 unspecified atom stereocenters. The number of rotatable bonds is 5. The van der Waals surface area contributed by atoms with Gasteiger partial charge in [0.1, 0.15) is 10.3 Å². The van der Waals surface area contributed by atoms with Crippen LogP contribution in [0.25, 0.3) is 10.3 Å². The largest absolute Gasteiger partial charge is 0.383 e. The molecule has 1 amide bonds. The first-order valence-electron chi connectivity index (χ1n) is 7.22. The van der Waals surface area contributed by atoms with E-state index < -0.39 is 9.84 Å². The molecule has 0 aromatic carbocycles. The van der Waals surface area contributed by atoms with Crippen LogP contribution >= 0.6 is 11.3 Å². The lowest BCUT2D eigenvalue weighted by molar-refractivity contribution is 0.0624. The van der Waals surface area contributed by atoms with E-state index in [0.29, 0.717) is 34.9 Å². The minimum absolute atomic E-state index is 0.00555. The first-order chi connectivity index (χ1) is 11.0. The summed E-state index contributed by atoms with van der Waals surface area (Å²) in [5, 5.41) is 0.333. The number of amides is 1. The molecule has 9 heteroatoms. The summed E-state index contributed by atoms with van der Waals surface area (Å²) in [6.07, 6.45) is 2.11. The number of fused-ring (bicyclic) bond motifs is 1. The molecule has 0 radical (unpaired) electrons. The number of carbonyl (C=O) groups is 1. The molecule has 0 aliphatic carbocycles. The summed E-state index contributed by atoms with van der Waals surface area (Å²) in [7, 11) is -1.52. The van der Waals surface area contributed by atoms with Gasteiger partial charge in [-0.25, -0.2) is 18.4 Å². The van der Waals surface area contributed by atoms with Gasteiger partial charge in [0, 0.05) is 25.9 Å². The summed E-state index contributed by atoms with van der Waals surface area (Å²) < 4.78 is 28.5. The molecule has 2 aromatic rings. The van der Waals surface area contributed by atoms with Crippen molar-refractivity contribution in [3.63, 3.8) is 0 Å². The fraction of sp³-hybridized carbons (Fsp3) is 0.500. The molecular formula is C14H17N3O4S2. The zero-order valence-electron chi connectivity index (χ0n) is 12.6. The summed E-state index contributed by atoms with van der Waals surface area (Å²) in [6.45, 7) is 0.699. The molecule has 124 valence electrons. The molecular weight excluding hydrogens is 338 g/mol.